The molecule has 0 bridgehead atoms. The SMILES string of the molecule is COc1nn2cc(-c3cc4c(OC)cccc4o3)nc2s1. The number of benzene rings is 1. The minimum absolute atomic E-state index is 0.579. The molecule has 1 aromatic carbocycles. The predicted octanol–water partition coefficient (Wildman–Crippen LogP) is 3.22. The lowest BCUT2D eigenvalue weighted by atomic mass is 10.2. The average Bonchev–Trinajstić information content (AvgIpc) is 3.17. The van der Waals surface area contributed by atoms with Crippen molar-refractivity contribution in [2.45, 2.75) is 0 Å². The summed E-state index contributed by atoms with van der Waals surface area (Å²) in [6.07, 6.45) is 1.82. The van der Waals surface area contributed by atoms with E-state index in [1.807, 2.05) is 30.5 Å². The molecular formula is C14H11N3O3S. The first-order valence-electron chi connectivity index (χ1n) is 6.25. The van der Waals surface area contributed by atoms with Crippen LogP contribution in [0.15, 0.2) is 34.9 Å². The van der Waals surface area contributed by atoms with Crippen LogP contribution in [0.5, 0.6) is 10.9 Å². The first-order valence-corrected chi connectivity index (χ1v) is 7.07. The van der Waals surface area contributed by atoms with Crippen molar-refractivity contribution in [2.75, 3.05) is 14.2 Å². The molecule has 3 aromatic heterocycles. The van der Waals surface area contributed by atoms with E-state index >= 15 is 0 Å². The van der Waals surface area contributed by atoms with Crippen LogP contribution in [0, 0.1) is 0 Å². The van der Waals surface area contributed by atoms with E-state index in [0.717, 1.165) is 27.4 Å². The van der Waals surface area contributed by atoms with Gasteiger partial charge in [0.2, 0.25) is 4.96 Å². The van der Waals surface area contributed by atoms with E-state index < -0.39 is 0 Å². The smallest absolute Gasteiger partial charge is 0.294 e. The third-order valence-corrected chi connectivity index (χ3v) is 4.08. The fraction of sp³-hybridized carbons (Fsp3) is 0.143. The second-order valence-electron chi connectivity index (χ2n) is 4.41. The lowest BCUT2D eigenvalue weighted by Crippen LogP contribution is -1.84. The summed E-state index contributed by atoms with van der Waals surface area (Å²) < 4.78 is 18.0. The normalized spacial score (nSPS) is 11.3. The number of fused-ring (bicyclic) bond motifs is 2. The van der Waals surface area contributed by atoms with Gasteiger partial charge in [-0.15, -0.1) is 5.10 Å². The van der Waals surface area contributed by atoms with Gasteiger partial charge in [-0.2, -0.15) is 0 Å². The zero-order valence-corrected chi connectivity index (χ0v) is 12.2. The summed E-state index contributed by atoms with van der Waals surface area (Å²) in [7, 11) is 3.23. The Hall–Kier alpha value is -2.54. The molecule has 4 rings (SSSR count). The van der Waals surface area contributed by atoms with Gasteiger partial charge in [0.1, 0.15) is 17.0 Å². The topological polar surface area (TPSA) is 61.8 Å². The summed E-state index contributed by atoms with van der Waals surface area (Å²) in [6.45, 7) is 0. The van der Waals surface area contributed by atoms with Crippen LogP contribution in [-0.2, 0) is 0 Å². The van der Waals surface area contributed by atoms with Crippen LogP contribution in [0.3, 0.4) is 0 Å². The fourth-order valence-corrected chi connectivity index (χ4v) is 2.92. The molecule has 0 unspecified atom stereocenters. The van der Waals surface area contributed by atoms with Crippen LogP contribution < -0.4 is 9.47 Å². The van der Waals surface area contributed by atoms with Crippen molar-refractivity contribution < 1.29 is 13.9 Å². The summed E-state index contributed by atoms with van der Waals surface area (Å²) in [4.78, 5) is 5.27. The van der Waals surface area contributed by atoms with Gasteiger partial charge in [-0.25, -0.2) is 9.50 Å². The molecule has 6 nitrogen and oxygen atoms in total. The highest BCUT2D eigenvalue weighted by Crippen LogP contribution is 2.33. The monoisotopic (exact) mass is 301 g/mol. The number of hydrogen-bond donors (Lipinski definition) is 0. The van der Waals surface area contributed by atoms with Crippen molar-refractivity contribution in [3.63, 3.8) is 0 Å². The highest BCUT2D eigenvalue weighted by atomic mass is 32.1. The Bertz CT molecular complexity index is 906. The molecule has 21 heavy (non-hydrogen) atoms. The van der Waals surface area contributed by atoms with Crippen LogP contribution >= 0.6 is 11.3 Å². The van der Waals surface area contributed by atoms with Gasteiger partial charge in [-0.1, -0.05) is 6.07 Å². The lowest BCUT2D eigenvalue weighted by Gasteiger charge is -1.98. The zero-order valence-electron chi connectivity index (χ0n) is 11.4. The maximum absolute atomic E-state index is 5.84. The number of ether oxygens (including phenoxy) is 2. The van der Waals surface area contributed by atoms with Gasteiger partial charge in [0.05, 0.1) is 25.8 Å². The number of furan rings is 1. The molecule has 0 radical (unpaired) electrons. The highest BCUT2D eigenvalue weighted by molar-refractivity contribution is 7.18. The van der Waals surface area contributed by atoms with Crippen LogP contribution in [0.25, 0.3) is 27.4 Å². The Morgan fingerprint density at radius 1 is 1.24 bits per heavy atom. The molecule has 3 heterocycles. The first kappa shape index (κ1) is 12.2. The van der Waals surface area contributed by atoms with Crippen LogP contribution in [0.1, 0.15) is 0 Å². The molecule has 0 spiro atoms. The minimum Gasteiger partial charge on any atom is -0.496 e. The van der Waals surface area contributed by atoms with Crippen molar-refractivity contribution in [3.05, 3.63) is 30.5 Å². The number of rotatable bonds is 3. The van der Waals surface area contributed by atoms with E-state index in [0.29, 0.717) is 11.0 Å². The largest absolute Gasteiger partial charge is 0.496 e. The van der Waals surface area contributed by atoms with Gasteiger partial charge in [-0.3, -0.25) is 0 Å². The van der Waals surface area contributed by atoms with E-state index in [2.05, 4.69) is 10.1 Å². The molecule has 0 N–H and O–H groups in total. The van der Waals surface area contributed by atoms with Crippen molar-refractivity contribution in [3.8, 4) is 22.4 Å². The van der Waals surface area contributed by atoms with Crippen molar-refractivity contribution in [1.29, 1.82) is 0 Å². The molecule has 0 saturated carbocycles. The van der Waals surface area contributed by atoms with E-state index in [1.165, 1.54) is 11.3 Å². The lowest BCUT2D eigenvalue weighted by molar-refractivity contribution is 0.405. The van der Waals surface area contributed by atoms with Gasteiger partial charge in [0.15, 0.2) is 5.76 Å². The number of hydrogen-bond acceptors (Lipinski definition) is 6. The zero-order chi connectivity index (χ0) is 14.4. The van der Waals surface area contributed by atoms with Gasteiger partial charge in [0, 0.05) is 0 Å². The molecule has 0 aliphatic rings. The quantitative estimate of drug-likeness (QED) is 0.581. The van der Waals surface area contributed by atoms with Crippen LogP contribution in [0.2, 0.25) is 0 Å². The molecule has 7 heteroatoms. The summed E-state index contributed by atoms with van der Waals surface area (Å²) in [5.41, 5.74) is 1.50. The summed E-state index contributed by atoms with van der Waals surface area (Å²) in [5.74, 6) is 1.47. The predicted molar refractivity (Wildman–Crippen MR) is 79.2 cm³/mol. The second kappa shape index (κ2) is 4.49. The molecule has 0 amide bonds. The molecule has 106 valence electrons. The van der Waals surface area contributed by atoms with Gasteiger partial charge in [0.25, 0.3) is 5.19 Å². The van der Waals surface area contributed by atoms with Crippen molar-refractivity contribution >= 4 is 27.3 Å². The summed E-state index contributed by atoms with van der Waals surface area (Å²) >= 11 is 1.38. The van der Waals surface area contributed by atoms with E-state index in [1.54, 1.807) is 18.7 Å². The Morgan fingerprint density at radius 2 is 2.14 bits per heavy atom. The third kappa shape index (κ3) is 1.85. The first-order chi connectivity index (χ1) is 10.3. The van der Waals surface area contributed by atoms with E-state index in [-0.39, 0.29) is 0 Å². The standard InChI is InChI=1S/C14H11N3O3S/c1-18-10-4-3-5-11-8(10)6-12(20-11)9-7-17-13(15-9)21-14(16-17)19-2/h3-7H,1-2H3. The van der Waals surface area contributed by atoms with Crippen molar-refractivity contribution in [1.82, 2.24) is 14.6 Å². The summed E-state index contributed by atoms with van der Waals surface area (Å²) in [5, 5.41) is 5.76. The molecule has 0 saturated heterocycles. The molecule has 0 fully saturated rings. The van der Waals surface area contributed by atoms with Gasteiger partial charge in [-0.05, 0) is 29.5 Å². The van der Waals surface area contributed by atoms with E-state index in [4.69, 9.17) is 13.9 Å². The highest BCUT2D eigenvalue weighted by Gasteiger charge is 2.15. The van der Waals surface area contributed by atoms with Gasteiger partial charge >= 0.3 is 0 Å². The minimum atomic E-state index is 0.579. The second-order valence-corrected chi connectivity index (χ2v) is 5.33. The molecule has 0 atom stereocenters. The van der Waals surface area contributed by atoms with E-state index in [9.17, 15) is 0 Å². The fourth-order valence-electron chi connectivity index (χ4n) is 2.22. The summed E-state index contributed by atoms with van der Waals surface area (Å²) in [6, 6.07) is 7.63. The molecule has 4 aromatic rings. The number of methoxy groups -OCH3 is 2. The maximum Gasteiger partial charge on any atom is 0.294 e. The molecular weight excluding hydrogens is 290 g/mol. The Labute approximate surface area is 123 Å². The number of nitrogens with zero attached hydrogens (tertiary/aromatic N) is 3. The average molecular weight is 301 g/mol. The maximum atomic E-state index is 5.84. The Balaban J connectivity index is 1.85. The molecule has 0 aliphatic heterocycles. The van der Waals surface area contributed by atoms with Crippen molar-refractivity contribution in [2.24, 2.45) is 0 Å². The Morgan fingerprint density at radius 3 is 2.90 bits per heavy atom. The van der Waals surface area contributed by atoms with Crippen LogP contribution in [-0.4, -0.2) is 28.8 Å². The Kier molecular flexibility index (Phi) is 2.61. The van der Waals surface area contributed by atoms with Crippen LogP contribution in [0.4, 0.5) is 0 Å². The van der Waals surface area contributed by atoms with Gasteiger partial charge < -0.3 is 13.9 Å². The number of aromatic nitrogens is 3. The molecule has 0 aliphatic carbocycles. The number of imidazole rings is 1. The third-order valence-electron chi connectivity index (χ3n) is 3.19.